The van der Waals surface area contributed by atoms with Crippen LogP contribution in [0.25, 0.3) is 11.3 Å². The van der Waals surface area contributed by atoms with Gasteiger partial charge in [0.25, 0.3) is 5.56 Å². The standard InChI is InChI=1S/C21H23N5O/c1-15(24-14-16-6-4-3-5-7-16)12-18(22)21-25-19(13-20(27)26(21)2)17-8-10-23-11-9-17/h3-11,13,15,22,24H,12,14H2,1-2H3/t15-/m0/s1. The van der Waals surface area contributed by atoms with E-state index < -0.39 is 0 Å². The van der Waals surface area contributed by atoms with Crippen LogP contribution < -0.4 is 10.9 Å². The zero-order valence-corrected chi connectivity index (χ0v) is 15.5. The maximum absolute atomic E-state index is 12.3. The van der Waals surface area contributed by atoms with Crippen molar-refractivity contribution in [3.63, 3.8) is 0 Å². The second-order valence-corrected chi connectivity index (χ2v) is 6.55. The third-order valence-corrected chi connectivity index (χ3v) is 4.39. The molecule has 6 nitrogen and oxygen atoms in total. The van der Waals surface area contributed by atoms with Crippen molar-refractivity contribution in [2.24, 2.45) is 7.05 Å². The molecule has 0 bridgehead atoms. The highest BCUT2D eigenvalue weighted by molar-refractivity contribution is 5.95. The lowest BCUT2D eigenvalue weighted by Crippen LogP contribution is -2.31. The molecule has 0 saturated carbocycles. The first-order chi connectivity index (χ1) is 13.0. The number of hydrogen-bond acceptors (Lipinski definition) is 5. The van der Waals surface area contributed by atoms with Crippen molar-refractivity contribution in [2.45, 2.75) is 25.9 Å². The summed E-state index contributed by atoms with van der Waals surface area (Å²) in [6.45, 7) is 2.76. The summed E-state index contributed by atoms with van der Waals surface area (Å²) >= 11 is 0. The van der Waals surface area contributed by atoms with Crippen LogP contribution in [0.1, 0.15) is 24.7 Å². The van der Waals surface area contributed by atoms with Crippen LogP contribution in [-0.2, 0) is 13.6 Å². The van der Waals surface area contributed by atoms with E-state index in [1.807, 2.05) is 25.1 Å². The lowest BCUT2D eigenvalue weighted by Gasteiger charge is -2.16. The summed E-state index contributed by atoms with van der Waals surface area (Å²) in [5, 5.41) is 11.9. The van der Waals surface area contributed by atoms with Gasteiger partial charge in [0.05, 0.1) is 11.4 Å². The Balaban J connectivity index is 1.74. The van der Waals surface area contributed by atoms with Gasteiger partial charge in [-0.25, -0.2) is 4.98 Å². The highest BCUT2D eigenvalue weighted by Gasteiger charge is 2.14. The molecule has 0 radical (unpaired) electrons. The minimum Gasteiger partial charge on any atom is -0.310 e. The highest BCUT2D eigenvalue weighted by atomic mass is 16.1. The van der Waals surface area contributed by atoms with Crippen molar-refractivity contribution in [1.82, 2.24) is 19.9 Å². The molecule has 0 aliphatic rings. The quantitative estimate of drug-likeness (QED) is 0.634. The Morgan fingerprint density at radius 2 is 1.89 bits per heavy atom. The molecule has 1 aromatic carbocycles. The molecule has 0 fully saturated rings. The molecule has 0 saturated heterocycles. The smallest absolute Gasteiger partial charge is 0.254 e. The van der Waals surface area contributed by atoms with Crippen molar-refractivity contribution in [3.8, 4) is 11.3 Å². The zero-order valence-electron chi connectivity index (χ0n) is 15.5. The van der Waals surface area contributed by atoms with Crippen LogP contribution in [-0.4, -0.2) is 26.3 Å². The average Bonchev–Trinajstić information content (AvgIpc) is 2.69. The normalized spacial score (nSPS) is 11.9. The fraction of sp³-hybridized carbons (Fsp3) is 0.238. The van der Waals surface area contributed by atoms with Gasteiger partial charge >= 0.3 is 0 Å². The van der Waals surface area contributed by atoms with E-state index in [9.17, 15) is 4.79 Å². The fourth-order valence-electron chi connectivity index (χ4n) is 2.84. The van der Waals surface area contributed by atoms with Gasteiger partial charge in [0.1, 0.15) is 0 Å². The Kier molecular flexibility index (Phi) is 5.88. The van der Waals surface area contributed by atoms with E-state index in [0.717, 1.165) is 12.1 Å². The van der Waals surface area contributed by atoms with Crippen molar-refractivity contribution < 1.29 is 0 Å². The number of nitrogens with one attached hydrogen (secondary N) is 2. The molecule has 0 aliphatic carbocycles. The Morgan fingerprint density at radius 3 is 2.59 bits per heavy atom. The Labute approximate surface area is 158 Å². The molecule has 3 rings (SSSR count). The van der Waals surface area contributed by atoms with Crippen LogP contribution in [0.4, 0.5) is 0 Å². The summed E-state index contributed by atoms with van der Waals surface area (Å²) in [5.74, 6) is 0.391. The largest absolute Gasteiger partial charge is 0.310 e. The molecule has 27 heavy (non-hydrogen) atoms. The number of rotatable bonds is 7. The Bertz CT molecular complexity index is 967. The first kappa shape index (κ1) is 18.7. The van der Waals surface area contributed by atoms with E-state index in [2.05, 4.69) is 27.4 Å². The third-order valence-electron chi connectivity index (χ3n) is 4.39. The van der Waals surface area contributed by atoms with Gasteiger partial charge in [-0.05, 0) is 24.6 Å². The predicted molar refractivity (Wildman–Crippen MR) is 107 cm³/mol. The van der Waals surface area contributed by atoms with Crippen LogP contribution >= 0.6 is 0 Å². The molecule has 0 aliphatic heterocycles. The molecule has 2 aromatic heterocycles. The van der Waals surface area contributed by atoms with Gasteiger partial charge in [0.15, 0.2) is 5.82 Å². The van der Waals surface area contributed by atoms with Crippen LogP contribution in [0, 0.1) is 5.41 Å². The summed E-state index contributed by atoms with van der Waals surface area (Å²) in [7, 11) is 1.65. The lowest BCUT2D eigenvalue weighted by atomic mass is 10.1. The van der Waals surface area contributed by atoms with E-state index in [0.29, 0.717) is 23.7 Å². The second-order valence-electron chi connectivity index (χ2n) is 6.55. The molecule has 3 aromatic rings. The molecule has 2 heterocycles. The molecule has 0 amide bonds. The van der Waals surface area contributed by atoms with E-state index in [4.69, 9.17) is 5.41 Å². The highest BCUT2D eigenvalue weighted by Crippen LogP contribution is 2.15. The SMILES string of the molecule is C[C@@H](CC(=N)c1nc(-c2ccncc2)cc(=O)n1C)NCc1ccccc1. The zero-order chi connectivity index (χ0) is 19.2. The first-order valence-corrected chi connectivity index (χ1v) is 8.88. The third kappa shape index (κ3) is 4.74. The van der Waals surface area contributed by atoms with E-state index in [1.165, 1.54) is 16.2 Å². The van der Waals surface area contributed by atoms with Crippen molar-refractivity contribution in [1.29, 1.82) is 5.41 Å². The molecule has 138 valence electrons. The molecule has 2 N–H and O–H groups in total. The lowest BCUT2D eigenvalue weighted by molar-refractivity contribution is 0.561. The molecular weight excluding hydrogens is 338 g/mol. The maximum atomic E-state index is 12.3. The molecule has 0 spiro atoms. The van der Waals surface area contributed by atoms with Gasteiger partial charge in [-0.1, -0.05) is 30.3 Å². The van der Waals surface area contributed by atoms with Crippen molar-refractivity contribution in [2.75, 3.05) is 0 Å². The van der Waals surface area contributed by atoms with Crippen LogP contribution in [0.15, 0.2) is 65.7 Å². The number of hydrogen-bond donors (Lipinski definition) is 2. The molecule has 0 unspecified atom stereocenters. The van der Waals surface area contributed by atoms with E-state index >= 15 is 0 Å². The molecular formula is C21H23N5O. The van der Waals surface area contributed by atoms with E-state index in [1.54, 1.807) is 31.6 Å². The summed E-state index contributed by atoms with van der Waals surface area (Å²) in [4.78, 5) is 20.9. The summed E-state index contributed by atoms with van der Waals surface area (Å²) in [6.07, 6.45) is 3.80. The van der Waals surface area contributed by atoms with Gasteiger partial charge in [-0.3, -0.25) is 14.3 Å². The number of benzene rings is 1. The number of pyridine rings is 1. The van der Waals surface area contributed by atoms with Gasteiger partial charge in [0.2, 0.25) is 0 Å². The van der Waals surface area contributed by atoms with Gasteiger partial charge in [-0.15, -0.1) is 0 Å². The summed E-state index contributed by atoms with van der Waals surface area (Å²) < 4.78 is 1.43. The Hall–Kier alpha value is -3.12. The minimum atomic E-state index is -0.179. The van der Waals surface area contributed by atoms with Crippen LogP contribution in [0.2, 0.25) is 0 Å². The average molecular weight is 361 g/mol. The van der Waals surface area contributed by atoms with Crippen molar-refractivity contribution in [3.05, 3.63) is 82.7 Å². The predicted octanol–water partition coefficient (Wildman–Crippen LogP) is 2.78. The topological polar surface area (TPSA) is 83.7 Å². The van der Waals surface area contributed by atoms with Crippen LogP contribution in [0.3, 0.4) is 0 Å². The number of nitrogens with zero attached hydrogens (tertiary/aromatic N) is 3. The minimum absolute atomic E-state index is 0.0826. The fourth-order valence-corrected chi connectivity index (χ4v) is 2.84. The molecule has 1 atom stereocenters. The van der Waals surface area contributed by atoms with Gasteiger partial charge < -0.3 is 10.7 Å². The van der Waals surface area contributed by atoms with Crippen molar-refractivity contribution >= 4 is 5.71 Å². The molecule has 6 heteroatoms. The van der Waals surface area contributed by atoms with Gasteiger partial charge in [0, 0.05) is 50.1 Å². The van der Waals surface area contributed by atoms with Crippen LogP contribution in [0.5, 0.6) is 0 Å². The summed E-state index contributed by atoms with van der Waals surface area (Å²) in [6, 6.07) is 15.3. The second kappa shape index (κ2) is 8.51. The number of aromatic nitrogens is 3. The maximum Gasteiger partial charge on any atom is 0.254 e. The van der Waals surface area contributed by atoms with E-state index in [-0.39, 0.29) is 11.6 Å². The Morgan fingerprint density at radius 1 is 1.19 bits per heavy atom. The first-order valence-electron chi connectivity index (χ1n) is 8.88. The monoisotopic (exact) mass is 361 g/mol. The van der Waals surface area contributed by atoms with Gasteiger partial charge in [-0.2, -0.15) is 0 Å². The summed E-state index contributed by atoms with van der Waals surface area (Å²) in [5.41, 5.74) is 2.72.